The Morgan fingerprint density at radius 3 is 2.63 bits per heavy atom. The molecule has 0 fully saturated rings. The molecule has 0 bridgehead atoms. The number of anilines is 1. The molecule has 1 aliphatic heterocycles. The molecule has 0 spiro atoms. The van der Waals surface area contributed by atoms with Gasteiger partial charge in [0.1, 0.15) is 4.83 Å². The van der Waals surface area contributed by atoms with Crippen LogP contribution >= 0.6 is 22.7 Å². The Morgan fingerprint density at radius 2 is 2.04 bits per heavy atom. The van der Waals surface area contributed by atoms with Crippen LogP contribution in [0.3, 0.4) is 0 Å². The number of nitrogens with one attached hydrogen (secondary N) is 1. The number of hydrogen-bond donors (Lipinski definition) is 2. The monoisotopic (exact) mass is 399 g/mol. The van der Waals surface area contributed by atoms with Crippen LogP contribution in [0.25, 0.3) is 20.9 Å². The number of hydrogen-bond acceptors (Lipinski definition) is 8. The summed E-state index contributed by atoms with van der Waals surface area (Å²) in [5, 5.41) is 3.35. The van der Waals surface area contributed by atoms with Gasteiger partial charge in [0.05, 0.1) is 15.1 Å². The number of aryl methyl sites for hydroxylation is 1. The zero-order chi connectivity index (χ0) is 19.3. The minimum Gasteiger partial charge on any atom is -0.365 e. The molecule has 27 heavy (non-hydrogen) atoms. The molecule has 0 aromatic carbocycles. The van der Waals surface area contributed by atoms with Crippen LogP contribution < -0.4 is 11.2 Å². The summed E-state index contributed by atoms with van der Waals surface area (Å²) in [6, 6.07) is 3.74. The molecule has 10 heteroatoms. The van der Waals surface area contributed by atoms with Gasteiger partial charge in [-0.3, -0.25) is 19.8 Å². The summed E-state index contributed by atoms with van der Waals surface area (Å²) in [5.74, 6) is -0.794. The van der Waals surface area contributed by atoms with E-state index in [1.54, 1.807) is 13.8 Å². The van der Waals surface area contributed by atoms with Crippen molar-refractivity contribution in [3.05, 3.63) is 39.6 Å². The molecular weight excluding hydrogens is 386 g/mol. The van der Waals surface area contributed by atoms with E-state index in [1.807, 2.05) is 17.5 Å². The average Bonchev–Trinajstić information content (AvgIpc) is 3.31. The fourth-order valence-electron chi connectivity index (χ4n) is 2.77. The lowest BCUT2D eigenvalue weighted by Gasteiger charge is -2.17. The molecule has 3 N–H and O–H groups in total. The van der Waals surface area contributed by atoms with Crippen LogP contribution in [0.4, 0.5) is 5.82 Å². The molecule has 8 nitrogen and oxygen atoms in total. The van der Waals surface area contributed by atoms with Crippen LogP contribution in [-0.2, 0) is 9.59 Å². The summed E-state index contributed by atoms with van der Waals surface area (Å²) in [6.45, 7) is 3.30. The summed E-state index contributed by atoms with van der Waals surface area (Å²) in [7, 11) is 0. The van der Waals surface area contributed by atoms with E-state index in [2.05, 4.69) is 15.4 Å². The average molecular weight is 399 g/mol. The van der Waals surface area contributed by atoms with Gasteiger partial charge in [-0.2, -0.15) is 5.01 Å². The molecule has 4 heterocycles. The first-order chi connectivity index (χ1) is 12.9. The van der Waals surface area contributed by atoms with Gasteiger partial charge in [-0.05, 0) is 30.9 Å². The van der Waals surface area contributed by atoms with Crippen molar-refractivity contribution >= 4 is 56.4 Å². The molecule has 0 radical (unpaired) electrons. The second kappa shape index (κ2) is 6.25. The lowest BCUT2D eigenvalue weighted by Crippen LogP contribution is -2.36. The van der Waals surface area contributed by atoms with Crippen molar-refractivity contribution in [2.24, 2.45) is 5.73 Å². The minimum atomic E-state index is -0.565. The predicted molar refractivity (Wildman–Crippen MR) is 103 cm³/mol. The third-order valence-corrected chi connectivity index (χ3v) is 6.14. The lowest BCUT2D eigenvalue weighted by molar-refractivity contribution is -0.135. The first-order valence-corrected chi connectivity index (χ1v) is 9.54. The van der Waals surface area contributed by atoms with Gasteiger partial charge < -0.3 is 5.73 Å². The van der Waals surface area contributed by atoms with E-state index in [0.717, 1.165) is 21.2 Å². The second-order valence-electron chi connectivity index (χ2n) is 5.89. The number of rotatable bonds is 4. The largest absolute Gasteiger partial charge is 0.365 e. The molecule has 4 rings (SSSR count). The smallest absolute Gasteiger partial charge is 0.275 e. The molecule has 136 valence electrons. The zero-order valence-electron chi connectivity index (χ0n) is 14.3. The summed E-state index contributed by atoms with van der Waals surface area (Å²) in [5.41, 5.74) is 9.20. The van der Waals surface area contributed by atoms with E-state index in [9.17, 15) is 14.4 Å². The number of nitrogens with two attached hydrogens (primary N) is 1. The molecule has 3 aromatic rings. The number of fused-ring (bicyclic) bond motifs is 1. The fourth-order valence-corrected chi connectivity index (χ4v) is 4.46. The Hall–Kier alpha value is -3.11. The van der Waals surface area contributed by atoms with E-state index in [1.165, 1.54) is 17.4 Å². The number of primary amides is 1. The van der Waals surface area contributed by atoms with Gasteiger partial charge >= 0.3 is 0 Å². The van der Waals surface area contributed by atoms with Crippen molar-refractivity contribution in [3.8, 4) is 10.7 Å². The number of aromatic nitrogens is 2. The Kier molecular flexibility index (Phi) is 4.01. The Balaban J connectivity index is 1.90. The van der Waals surface area contributed by atoms with Crippen molar-refractivity contribution < 1.29 is 14.4 Å². The van der Waals surface area contributed by atoms with Gasteiger partial charge in [-0.25, -0.2) is 9.97 Å². The molecule has 3 aromatic heterocycles. The number of carbonyl (C=O) groups excluding carboxylic acids is 3. The lowest BCUT2D eigenvalue weighted by atomic mass is 10.2. The molecule has 1 aliphatic rings. The van der Waals surface area contributed by atoms with E-state index >= 15 is 0 Å². The fraction of sp³-hybridized carbons (Fsp3) is 0.118. The topological polar surface area (TPSA) is 118 Å². The quantitative estimate of drug-likeness (QED) is 0.651. The Labute approximate surface area is 161 Å². The van der Waals surface area contributed by atoms with E-state index < -0.39 is 17.7 Å². The maximum Gasteiger partial charge on any atom is 0.275 e. The maximum atomic E-state index is 12.2. The highest BCUT2D eigenvalue weighted by molar-refractivity contribution is 7.20. The van der Waals surface area contributed by atoms with E-state index in [4.69, 9.17) is 5.73 Å². The third-order valence-electron chi connectivity index (χ3n) is 4.07. The normalized spacial score (nSPS) is 14.1. The highest BCUT2D eigenvalue weighted by Crippen LogP contribution is 2.36. The summed E-state index contributed by atoms with van der Waals surface area (Å²) >= 11 is 2.61. The SMILES string of the molecule is CC1=CC(=O)N(Nc2nc(-c3cccs3)nc3sc(C(N)=O)c(C)c23)C1=O. The van der Waals surface area contributed by atoms with Crippen molar-refractivity contribution in [2.75, 3.05) is 5.43 Å². The van der Waals surface area contributed by atoms with Crippen LogP contribution in [0, 0.1) is 6.92 Å². The predicted octanol–water partition coefficient (Wildman–Crippen LogP) is 2.47. The standard InChI is InChI=1S/C17H13N5O3S2/c1-7-6-10(23)22(17(7)25)21-15-11-8(2)12(13(18)24)27-16(11)20-14(19-15)9-4-3-5-26-9/h3-6H,1-2H3,(H2,18,24)(H,19,20,21). The molecule has 3 amide bonds. The first-order valence-electron chi connectivity index (χ1n) is 7.85. The van der Waals surface area contributed by atoms with Gasteiger partial charge in [0, 0.05) is 11.6 Å². The molecule has 0 unspecified atom stereocenters. The maximum absolute atomic E-state index is 12.2. The van der Waals surface area contributed by atoms with Gasteiger partial charge in [0.15, 0.2) is 11.6 Å². The van der Waals surface area contributed by atoms with Gasteiger partial charge in [-0.1, -0.05) is 6.07 Å². The number of carbonyl (C=O) groups is 3. The van der Waals surface area contributed by atoms with Crippen molar-refractivity contribution in [2.45, 2.75) is 13.8 Å². The molecular formula is C17H13N5O3S2. The van der Waals surface area contributed by atoms with Crippen LogP contribution in [0.2, 0.25) is 0 Å². The number of nitrogens with zero attached hydrogens (tertiary/aromatic N) is 3. The summed E-state index contributed by atoms with van der Waals surface area (Å²) in [4.78, 5) is 46.9. The van der Waals surface area contributed by atoms with Crippen LogP contribution in [0.15, 0.2) is 29.2 Å². The zero-order valence-corrected chi connectivity index (χ0v) is 15.9. The van der Waals surface area contributed by atoms with Crippen molar-refractivity contribution in [1.29, 1.82) is 0 Å². The molecule has 0 saturated carbocycles. The van der Waals surface area contributed by atoms with Crippen LogP contribution in [0.5, 0.6) is 0 Å². The van der Waals surface area contributed by atoms with Gasteiger partial charge in [0.2, 0.25) is 0 Å². The number of imide groups is 1. The second-order valence-corrected chi connectivity index (χ2v) is 7.84. The molecule has 0 atom stereocenters. The number of thiophene rings is 2. The summed E-state index contributed by atoms with van der Waals surface area (Å²) < 4.78 is 0. The van der Waals surface area contributed by atoms with Gasteiger partial charge in [-0.15, -0.1) is 22.7 Å². The third kappa shape index (κ3) is 2.78. The van der Waals surface area contributed by atoms with Crippen LogP contribution in [0.1, 0.15) is 22.2 Å². The highest BCUT2D eigenvalue weighted by Gasteiger charge is 2.30. The molecule has 0 saturated heterocycles. The van der Waals surface area contributed by atoms with Crippen molar-refractivity contribution in [3.63, 3.8) is 0 Å². The highest BCUT2D eigenvalue weighted by atomic mass is 32.1. The van der Waals surface area contributed by atoms with Crippen LogP contribution in [-0.4, -0.2) is 32.7 Å². The number of hydrazine groups is 1. The first kappa shape index (κ1) is 17.3. The molecule has 0 aliphatic carbocycles. The summed E-state index contributed by atoms with van der Waals surface area (Å²) in [6.07, 6.45) is 1.25. The minimum absolute atomic E-state index is 0.273. The van der Waals surface area contributed by atoms with Crippen molar-refractivity contribution in [1.82, 2.24) is 15.0 Å². The van der Waals surface area contributed by atoms with E-state index in [-0.39, 0.29) is 5.82 Å². The Bertz CT molecular complexity index is 1150. The number of amides is 3. The van der Waals surface area contributed by atoms with Gasteiger partial charge in [0.25, 0.3) is 17.7 Å². The Morgan fingerprint density at radius 1 is 1.26 bits per heavy atom. The van der Waals surface area contributed by atoms with E-state index in [0.29, 0.717) is 32.1 Å².